The van der Waals surface area contributed by atoms with Crippen molar-refractivity contribution in [2.45, 2.75) is 19.4 Å². The van der Waals surface area contributed by atoms with Gasteiger partial charge in [0.05, 0.1) is 18.8 Å². The molecule has 0 radical (unpaired) electrons. The van der Waals surface area contributed by atoms with Crippen LogP contribution in [-0.2, 0) is 11.8 Å². The summed E-state index contributed by atoms with van der Waals surface area (Å²) in [6.07, 6.45) is 0. The maximum absolute atomic E-state index is 13.3. The molecule has 0 amide bonds. The van der Waals surface area contributed by atoms with Gasteiger partial charge in [-0.05, 0) is 38.1 Å². The summed E-state index contributed by atoms with van der Waals surface area (Å²) in [6.45, 7) is 7.03. The molecule has 0 bridgehead atoms. The number of carbonyl (C=O) groups is 1. The van der Waals surface area contributed by atoms with Crippen LogP contribution < -0.4 is 0 Å². The van der Waals surface area contributed by atoms with Crippen LogP contribution in [0.2, 0.25) is 0 Å². The predicted molar refractivity (Wildman–Crippen MR) is 101 cm³/mol. The lowest BCUT2D eigenvalue weighted by molar-refractivity contribution is -0.00429. The highest BCUT2D eigenvalue weighted by Gasteiger charge is 2.36. The molecule has 0 spiro atoms. The van der Waals surface area contributed by atoms with Crippen molar-refractivity contribution < 1.29 is 9.53 Å². The van der Waals surface area contributed by atoms with Crippen molar-refractivity contribution in [1.82, 2.24) is 9.47 Å². The first-order chi connectivity index (χ1) is 12.0. The molecule has 3 aromatic rings. The maximum atomic E-state index is 13.3. The highest BCUT2D eigenvalue weighted by Crippen LogP contribution is 2.30. The number of ether oxygens (including phenoxy) is 1. The third kappa shape index (κ3) is 2.57. The van der Waals surface area contributed by atoms with E-state index in [1.54, 1.807) is 0 Å². The molecule has 0 unspecified atom stereocenters. The predicted octanol–water partition coefficient (Wildman–Crippen LogP) is 3.63. The highest BCUT2D eigenvalue weighted by molar-refractivity contribution is 6.12. The summed E-state index contributed by atoms with van der Waals surface area (Å²) in [4.78, 5) is 15.5. The Morgan fingerprint density at radius 2 is 1.68 bits per heavy atom. The van der Waals surface area contributed by atoms with Gasteiger partial charge in [-0.25, -0.2) is 0 Å². The number of hydrogen-bond donors (Lipinski definition) is 0. The maximum Gasteiger partial charge on any atom is 0.182 e. The Labute approximate surface area is 148 Å². The lowest BCUT2D eigenvalue weighted by atomic mass is 9.90. The number of benzene rings is 2. The van der Waals surface area contributed by atoms with Crippen molar-refractivity contribution in [2.24, 2.45) is 7.05 Å². The molecular formula is C21H24N2O2. The fourth-order valence-electron chi connectivity index (χ4n) is 3.93. The molecule has 1 aromatic heterocycles. The van der Waals surface area contributed by atoms with Gasteiger partial charge in [0, 0.05) is 47.5 Å². The first kappa shape index (κ1) is 16.3. The molecule has 4 nitrogen and oxygen atoms in total. The third-order valence-electron chi connectivity index (χ3n) is 5.53. The van der Waals surface area contributed by atoms with Crippen molar-refractivity contribution in [2.75, 3.05) is 26.3 Å². The molecule has 2 heterocycles. The summed E-state index contributed by atoms with van der Waals surface area (Å²) in [5.41, 5.74) is 2.60. The second-order valence-corrected chi connectivity index (χ2v) is 7.30. The molecule has 25 heavy (non-hydrogen) atoms. The minimum absolute atomic E-state index is 0.171. The average molecular weight is 336 g/mol. The summed E-state index contributed by atoms with van der Waals surface area (Å²) >= 11 is 0. The van der Waals surface area contributed by atoms with Gasteiger partial charge in [-0.1, -0.05) is 18.2 Å². The zero-order chi connectivity index (χ0) is 17.6. The number of hydrogen-bond acceptors (Lipinski definition) is 3. The Balaban J connectivity index is 1.78. The fraction of sp³-hybridized carbons (Fsp3) is 0.381. The summed E-state index contributed by atoms with van der Waals surface area (Å²) in [5, 5.41) is 2.33. The normalized spacial score (nSPS) is 16.6. The standard InChI is InChI=1S/C21H24N2O2/c1-21(2,23-10-12-25-13-11-23)20(24)15-8-9-19-17(14-15)16-6-4-5-7-18(16)22(19)3/h4-9,14H,10-13H2,1-3H3. The number of aryl methyl sites for hydroxylation is 1. The smallest absolute Gasteiger partial charge is 0.182 e. The Morgan fingerprint density at radius 3 is 2.44 bits per heavy atom. The van der Waals surface area contributed by atoms with Crippen molar-refractivity contribution in [3.05, 3.63) is 48.0 Å². The second kappa shape index (κ2) is 5.97. The van der Waals surface area contributed by atoms with E-state index in [2.05, 4.69) is 46.8 Å². The Kier molecular flexibility index (Phi) is 3.89. The van der Waals surface area contributed by atoms with E-state index in [0.29, 0.717) is 13.2 Å². The molecule has 0 N–H and O–H groups in total. The van der Waals surface area contributed by atoms with E-state index in [1.165, 1.54) is 10.9 Å². The number of para-hydroxylation sites is 1. The van der Waals surface area contributed by atoms with Crippen LogP contribution in [0.5, 0.6) is 0 Å². The van der Waals surface area contributed by atoms with Crippen LogP contribution >= 0.6 is 0 Å². The van der Waals surface area contributed by atoms with Crippen LogP contribution in [0.25, 0.3) is 21.8 Å². The zero-order valence-corrected chi connectivity index (χ0v) is 15.1. The number of nitrogens with zero attached hydrogens (tertiary/aromatic N) is 2. The van der Waals surface area contributed by atoms with Gasteiger partial charge < -0.3 is 9.30 Å². The van der Waals surface area contributed by atoms with Crippen LogP contribution in [0.15, 0.2) is 42.5 Å². The molecule has 1 fully saturated rings. The zero-order valence-electron chi connectivity index (χ0n) is 15.1. The quantitative estimate of drug-likeness (QED) is 0.685. The molecule has 1 aliphatic rings. The lowest BCUT2D eigenvalue weighted by Gasteiger charge is -2.39. The van der Waals surface area contributed by atoms with Crippen LogP contribution in [0, 0.1) is 0 Å². The number of aromatic nitrogens is 1. The van der Waals surface area contributed by atoms with Crippen molar-refractivity contribution in [1.29, 1.82) is 0 Å². The number of Topliss-reactive ketones (excluding diaryl/α,β-unsaturated/α-hetero) is 1. The molecular weight excluding hydrogens is 312 g/mol. The molecule has 130 valence electrons. The number of carbonyl (C=O) groups excluding carboxylic acids is 1. The molecule has 0 atom stereocenters. The van der Waals surface area contributed by atoms with Crippen LogP contribution in [0.4, 0.5) is 0 Å². The van der Waals surface area contributed by atoms with Gasteiger partial charge in [0.2, 0.25) is 0 Å². The topological polar surface area (TPSA) is 34.5 Å². The summed E-state index contributed by atoms with van der Waals surface area (Å²) in [5.74, 6) is 0.171. The largest absolute Gasteiger partial charge is 0.379 e. The summed E-state index contributed by atoms with van der Waals surface area (Å²) in [7, 11) is 2.07. The van der Waals surface area contributed by atoms with Gasteiger partial charge in [-0.2, -0.15) is 0 Å². The number of morpholine rings is 1. The highest BCUT2D eigenvalue weighted by atomic mass is 16.5. The first-order valence-electron chi connectivity index (χ1n) is 8.85. The minimum atomic E-state index is -0.526. The van der Waals surface area contributed by atoms with Gasteiger partial charge in [0.25, 0.3) is 0 Å². The molecule has 4 heteroatoms. The van der Waals surface area contributed by atoms with Crippen LogP contribution in [0.1, 0.15) is 24.2 Å². The van der Waals surface area contributed by atoms with Crippen molar-refractivity contribution >= 4 is 27.6 Å². The number of fused-ring (bicyclic) bond motifs is 3. The third-order valence-corrected chi connectivity index (χ3v) is 5.53. The van der Waals surface area contributed by atoms with E-state index in [4.69, 9.17) is 4.74 Å². The average Bonchev–Trinajstić information content (AvgIpc) is 2.94. The monoisotopic (exact) mass is 336 g/mol. The molecule has 1 aliphatic heterocycles. The van der Waals surface area contributed by atoms with E-state index in [-0.39, 0.29) is 5.78 Å². The molecule has 2 aromatic carbocycles. The summed E-state index contributed by atoms with van der Waals surface area (Å²) in [6, 6.07) is 14.4. The Bertz CT molecular complexity index is 949. The van der Waals surface area contributed by atoms with E-state index in [9.17, 15) is 4.79 Å². The Morgan fingerprint density at radius 1 is 1.00 bits per heavy atom. The van der Waals surface area contributed by atoms with Gasteiger partial charge in [-0.3, -0.25) is 9.69 Å². The summed E-state index contributed by atoms with van der Waals surface area (Å²) < 4.78 is 7.62. The second-order valence-electron chi connectivity index (χ2n) is 7.30. The SMILES string of the molecule is Cn1c2ccccc2c2cc(C(=O)C(C)(C)N3CCOCC3)ccc21. The molecule has 4 rings (SSSR count). The van der Waals surface area contributed by atoms with Gasteiger partial charge in [0.1, 0.15) is 0 Å². The van der Waals surface area contributed by atoms with Gasteiger partial charge in [-0.15, -0.1) is 0 Å². The van der Waals surface area contributed by atoms with Gasteiger partial charge >= 0.3 is 0 Å². The van der Waals surface area contributed by atoms with Crippen molar-refractivity contribution in [3.63, 3.8) is 0 Å². The fourth-order valence-corrected chi connectivity index (χ4v) is 3.93. The first-order valence-corrected chi connectivity index (χ1v) is 8.85. The Hall–Kier alpha value is -2.17. The minimum Gasteiger partial charge on any atom is -0.379 e. The van der Waals surface area contributed by atoms with Crippen LogP contribution in [0.3, 0.4) is 0 Å². The van der Waals surface area contributed by atoms with Gasteiger partial charge in [0.15, 0.2) is 5.78 Å². The number of rotatable bonds is 3. The van der Waals surface area contributed by atoms with Crippen LogP contribution in [-0.4, -0.2) is 47.1 Å². The van der Waals surface area contributed by atoms with E-state index < -0.39 is 5.54 Å². The van der Waals surface area contributed by atoms with E-state index in [0.717, 1.165) is 29.6 Å². The van der Waals surface area contributed by atoms with E-state index in [1.807, 2.05) is 26.0 Å². The lowest BCUT2D eigenvalue weighted by Crippen LogP contribution is -2.54. The number of ketones is 1. The van der Waals surface area contributed by atoms with Crippen molar-refractivity contribution in [3.8, 4) is 0 Å². The molecule has 1 saturated heterocycles. The molecule has 0 aliphatic carbocycles. The molecule has 0 saturated carbocycles. The van der Waals surface area contributed by atoms with E-state index >= 15 is 0 Å².